The van der Waals surface area contributed by atoms with Gasteiger partial charge in [0.05, 0.1) is 35.8 Å². The predicted octanol–water partition coefficient (Wildman–Crippen LogP) is 3.29. The Bertz CT molecular complexity index is 1250. The van der Waals surface area contributed by atoms with Crippen LogP contribution in [0, 0.1) is 0 Å². The third-order valence-electron chi connectivity index (χ3n) is 4.81. The zero-order valence-electron chi connectivity index (χ0n) is 17.3. The lowest BCUT2D eigenvalue weighted by molar-refractivity contribution is -0.137. The van der Waals surface area contributed by atoms with E-state index in [-0.39, 0.29) is 17.8 Å². The second kappa shape index (κ2) is 8.81. The zero-order valence-corrected chi connectivity index (χ0v) is 17.3. The van der Waals surface area contributed by atoms with Crippen molar-refractivity contribution in [3.63, 3.8) is 0 Å². The molecule has 0 aliphatic carbocycles. The molecule has 0 atom stereocenters. The highest BCUT2D eigenvalue weighted by Crippen LogP contribution is 2.33. The number of halogens is 3. The number of rotatable bonds is 6. The number of carbonyl (C=O) groups is 3. The highest BCUT2D eigenvalue weighted by molar-refractivity contribution is 6.26. The lowest BCUT2D eigenvalue weighted by Gasteiger charge is -2.18. The number of urea groups is 1. The second-order valence-corrected chi connectivity index (χ2v) is 7.25. The summed E-state index contributed by atoms with van der Waals surface area (Å²) < 4.78 is 44.6. The summed E-state index contributed by atoms with van der Waals surface area (Å²) in [4.78, 5) is 45.6. The van der Waals surface area contributed by atoms with E-state index in [0.29, 0.717) is 23.4 Å². The van der Waals surface area contributed by atoms with Gasteiger partial charge in [-0.3, -0.25) is 24.5 Å². The van der Waals surface area contributed by atoms with Gasteiger partial charge in [-0.15, -0.1) is 0 Å². The summed E-state index contributed by atoms with van der Waals surface area (Å²) in [6.07, 6.45) is -1.49. The summed E-state index contributed by atoms with van der Waals surface area (Å²) in [6, 6.07) is 9.13. The van der Waals surface area contributed by atoms with Gasteiger partial charge in [0, 0.05) is 11.9 Å². The van der Waals surface area contributed by atoms with Crippen molar-refractivity contribution in [2.75, 3.05) is 16.3 Å². The summed E-state index contributed by atoms with van der Waals surface area (Å²) in [5.41, 5.74) is 4.67. The van der Waals surface area contributed by atoms with Crippen LogP contribution in [-0.4, -0.2) is 34.4 Å². The average Bonchev–Trinajstić information content (AvgIpc) is 3.09. The van der Waals surface area contributed by atoms with Crippen molar-refractivity contribution in [3.05, 3.63) is 72.3 Å². The molecule has 4 amide bonds. The molecule has 1 fully saturated rings. The Hall–Kier alpha value is -4.48. The van der Waals surface area contributed by atoms with Crippen LogP contribution in [0.15, 0.2) is 61.1 Å². The van der Waals surface area contributed by atoms with Gasteiger partial charge in [-0.1, -0.05) is 0 Å². The topological polar surface area (TPSA) is 119 Å². The second-order valence-electron chi connectivity index (χ2n) is 7.25. The molecule has 9 nitrogen and oxygen atoms in total. The summed E-state index contributed by atoms with van der Waals surface area (Å²) in [6.45, 7) is -0.427. The maximum atomic E-state index is 13.0. The van der Waals surface area contributed by atoms with Crippen molar-refractivity contribution in [2.24, 2.45) is 5.73 Å². The molecule has 0 unspecified atom stereocenters. The van der Waals surface area contributed by atoms with Gasteiger partial charge in [-0.2, -0.15) is 13.2 Å². The smallest absolute Gasteiger partial charge is 0.417 e. The maximum absolute atomic E-state index is 13.0. The maximum Gasteiger partial charge on any atom is 0.417 e. The van der Waals surface area contributed by atoms with E-state index in [1.807, 2.05) is 0 Å². The van der Waals surface area contributed by atoms with Gasteiger partial charge in [0.2, 0.25) is 5.91 Å². The highest BCUT2D eigenvalue weighted by atomic mass is 19.4. The Morgan fingerprint density at radius 3 is 2.32 bits per heavy atom. The minimum atomic E-state index is -4.64. The van der Waals surface area contributed by atoms with Crippen LogP contribution in [0.5, 0.6) is 11.5 Å². The van der Waals surface area contributed by atoms with E-state index in [0.717, 1.165) is 22.1 Å². The summed E-state index contributed by atoms with van der Waals surface area (Å²) in [7, 11) is 0. The van der Waals surface area contributed by atoms with Crippen molar-refractivity contribution < 1.29 is 32.3 Å². The number of hydrogen-bond acceptors (Lipinski definition) is 6. The summed E-state index contributed by atoms with van der Waals surface area (Å²) in [5.74, 6) is -0.347. The number of nitrogens with two attached hydrogens (primary N) is 1. The molecule has 0 bridgehead atoms. The van der Waals surface area contributed by atoms with Gasteiger partial charge >= 0.3 is 12.2 Å². The molecule has 174 valence electrons. The minimum Gasteiger partial charge on any atom is -0.456 e. The largest absolute Gasteiger partial charge is 0.456 e. The fourth-order valence-electron chi connectivity index (χ4n) is 3.24. The molecule has 0 saturated carbocycles. The number of alkyl halides is 3. The van der Waals surface area contributed by atoms with Crippen LogP contribution >= 0.6 is 0 Å². The molecule has 1 aliphatic heterocycles. The van der Waals surface area contributed by atoms with Crippen LogP contribution in [0.4, 0.5) is 29.3 Å². The number of amides is 4. The number of ether oxygens (including phenoxy) is 1. The number of anilines is 2. The fourth-order valence-corrected chi connectivity index (χ4v) is 3.24. The van der Waals surface area contributed by atoms with Crippen LogP contribution in [0.25, 0.3) is 0 Å². The first-order valence-electron chi connectivity index (χ1n) is 9.79. The molecule has 12 heteroatoms. The lowest BCUT2D eigenvalue weighted by atomic mass is 10.2. The van der Waals surface area contributed by atoms with E-state index >= 15 is 0 Å². The molecule has 2 aromatic heterocycles. The Kier molecular flexibility index (Phi) is 5.88. The van der Waals surface area contributed by atoms with E-state index in [1.54, 1.807) is 12.1 Å². The molecular weight excluding hydrogens is 455 g/mol. The van der Waals surface area contributed by atoms with Crippen LogP contribution in [0.3, 0.4) is 0 Å². The molecule has 1 aliphatic rings. The first-order chi connectivity index (χ1) is 16.1. The molecule has 2 N–H and O–H groups in total. The van der Waals surface area contributed by atoms with E-state index in [9.17, 15) is 27.6 Å². The van der Waals surface area contributed by atoms with E-state index in [2.05, 4.69) is 9.97 Å². The normalized spacial score (nSPS) is 14.0. The van der Waals surface area contributed by atoms with E-state index in [4.69, 9.17) is 10.5 Å². The quantitative estimate of drug-likeness (QED) is 0.551. The first-order valence-corrected chi connectivity index (χ1v) is 9.79. The van der Waals surface area contributed by atoms with E-state index in [1.165, 1.54) is 30.5 Å². The van der Waals surface area contributed by atoms with Gasteiger partial charge in [0.1, 0.15) is 18.0 Å². The third kappa shape index (κ3) is 4.80. The lowest BCUT2D eigenvalue weighted by Crippen LogP contribution is -2.33. The molecule has 3 heterocycles. The number of hydrogen-bond donors (Lipinski definition) is 1. The van der Waals surface area contributed by atoms with Crippen molar-refractivity contribution in [1.82, 2.24) is 9.97 Å². The first kappa shape index (κ1) is 22.7. The molecule has 1 saturated heterocycles. The molecule has 4 rings (SSSR count). The fraction of sp³-hybridized carbons (Fsp3) is 0.136. The van der Waals surface area contributed by atoms with Gasteiger partial charge in [0.25, 0.3) is 5.91 Å². The highest BCUT2D eigenvalue weighted by Gasteiger charge is 2.39. The van der Waals surface area contributed by atoms with Crippen LogP contribution in [0.2, 0.25) is 0 Å². The molecule has 3 aromatic rings. The average molecular weight is 471 g/mol. The minimum absolute atomic E-state index is 0.000445. The van der Waals surface area contributed by atoms with Crippen LogP contribution in [0.1, 0.15) is 11.3 Å². The number of carbonyl (C=O) groups excluding carboxylic acids is 3. The number of imide groups is 1. The summed E-state index contributed by atoms with van der Waals surface area (Å²) >= 11 is 0. The number of aromatic nitrogens is 2. The van der Waals surface area contributed by atoms with E-state index < -0.39 is 36.1 Å². The Labute approximate surface area is 190 Å². The molecule has 0 radical (unpaired) electrons. The monoisotopic (exact) mass is 471 g/mol. The van der Waals surface area contributed by atoms with Crippen molar-refractivity contribution >= 4 is 29.2 Å². The number of primary amides is 1. The molecule has 1 aromatic carbocycles. The summed E-state index contributed by atoms with van der Waals surface area (Å²) in [5, 5.41) is 0. The van der Waals surface area contributed by atoms with Crippen molar-refractivity contribution in [2.45, 2.75) is 12.6 Å². The van der Waals surface area contributed by atoms with Gasteiger partial charge in [0.15, 0.2) is 0 Å². The van der Waals surface area contributed by atoms with Gasteiger partial charge in [-0.05, 0) is 42.5 Å². The Balaban J connectivity index is 1.48. The third-order valence-corrected chi connectivity index (χ3v) is 4.81. The molecular formula is C22H16F3N5O4. The van der Waals surface area contributed by atoms with Gasteiger partial charge in [-0.25, -0.2) is 9.69 Å². The molecule has 34 heavy (non-hydrogen) atoms. The number of pyridine rings is 2. The standard InChI is InChI=1S/C22H16F3N5O4/c23-22(24,25)13-7-16(10-27-9-13)29-12-20(32)30(21(29)33)15-2-5-17(6-3-15)34-18-4-1-14(28-11-18)8-19(26)31/h1-7,9-11H,8,12H2,(H2,26,31). The van der Waals surface area contributed by atoms with Gasteiger partial charge < -0.3 is 10.5 Å². The van der Waals surface area contributed by atoms with Crippen LogP contribution in [-0.2, 0) is 22.2 Å². The predicted molar refractivity (Wildman–Crippen MR) is 113 cm³/mol. The van der Waals surface area contributed by atoms with Crippen LogP contribution < -0.4 is 20.3 Å². The Morgan fingerprint density at radius 2 is 1.71 bits per heavy atom. The van der Waals surface area contributed by atoms with Crippen molar-refractivity contribution in [3.8, 4) is 11.5 Å². The zero-order chi connectivity index (χ0) is 24.5. The number of nitrogens with zero attached hydrogens (tertiary/aromatic N) is 4. The number of benzene rings is 1. The van der Waals surface area contributed by atoms with Crippen molar-refractivity contribution in [1.29, 1.82) is 0 Å². The molecule has 0 spiro atoms. The Morgan fingerprint density at radius 1 is 1.00 bits per heavy atom. The SMILES string of the molecule is NC(=O)Cc1ccc(Oc2ccc(N3C(=O)CN(c4cncc(C(F)(F)F)c4)C3=O)cc2)cn1.